The van der Waals surface area contributed by atoms with Crippen molar-refractivity contribution in [3.63, 3.8) is 0 Å². The molecule has 0 saturated carbocycles. The SMILES string of the molecule is CCC(=O)N(CC)[C@H]1C[C@H](C)S(=O)(=O)c2sc(S(N)(=O)=O)cc21. The summed E-state index contributed by atoms with van der Waals surface area (Å²) in [4.78, 5) is 13.8. The maximum atomic E-state index is 12.5. The molecular weight excluding hydrogens is 360 g/mol. The van der Waals surface area contributed by atoms with Crippen molar-refractivity contribution in [2.24, 2.45) is 5.14 Å². The van der Waals surface area contributed by atoms with E-state index in [-0.39, 0.29) is 20.7 Å². The van der Waals surface area contributed by atoms with Gasteiger partial charge in [0, 0.05) is 18.5 Å². The lowest BCUT2D eigenvalue weighted by molar-refractivity contribution is -0.133. The second-order valence-electron chi connectivity index (χ2n) is 5.49. The number of hydrogen-bond donors (Lipinski definition) is 1. The number of nitrogens with zero attached hydrogens (tertiary/aromatic N) is 1. The first-order chi connectivity index (χ1) is 10.5. The first kappa shape index (κ1) is 18.4. The highest BCUT2D eigenvalue weighted by molar-refractivity contribution is 7.95. The number of primary sulfonamides is 1. The number of rotatable bonds is 4. The normalized spacial score (nSPS) is 23.3. The van der Waals surface area contributed by atoms with Gasteiger partial charge >= 0.3 is 0 Å². The number of sulfone groups is 1. The van der Waals surface area contributed by atoms with E-state index in [9.17, 15) is 21.6 Å². The van der Waals surface area contributed by atoms with Crippen LogP contribution < -0.4 is 5.14 Å². The van der Waals surface area contributed by atoms with E-state index in [2.05, 4.69) is 0 Å². The zero-order valence-corrected chi connectivity index (χ0v) is 15.6. The van der Waals surface area contributed by atoms with Gasteiger partial charge in [0.25, 0.3) is 0 Å². The van der Waals surface area contributed by atoms with Crippen LogP contribution in [0.15, 0.2) is 14.5 Å². The minimum absolute atomic E-state index is 0.00706. The Morgan fingerprint density at radius 3 is 2.52 bits per heavy atom. The van der Waals surface area contributed by atoms with Crippen molar-refractivity contribution in [1.29, 1.82) is 0 Å². The summed E-state index contributed by atoms with van der Waals surface area (Å²) in [5, 5.41) is 4.45. The van der Waals surface area contributed by atoms with Gasteiger partial charge in [-0.1, -0.05) is 6.92 Å². The fourth-order valence-electron chi connectivity index (χ4n) is 2.78. The summed E-state index contributed by atoms with van der Waals surface area (Å²) in [7, 11) is -7.60. The summed E-state index contributed by atoms with van der Waals surface area (Å²) in [6.07, 6.45) is 0.544. The zero-order valence-electron chi connectivity index (χ0n) is 13.1. The van der Waals surface area contributed by atoms with Crippen molar-refractivity contribution in [2.75, 3.05) is 6.54 Å². The fraction of sp³-hybridized carbons (Fsp3) is 0.615. The summed E-state index contributed by atoms with van der Waals surface area (Å²) < 4.78 is 48.0. The van der Waals surface area contributed by atoms with Crippen molar-refractivity contribution in [1.82, 2.24) is 4.90 Å². The van der Waals surface area contributed by atoms with Gasteiger partial charge in [0.2, 0.25) is 15.9 Å². The van der Waals surface area contributed by atoms with Gasteiger partial charge in [-0.15, -0.1) is 11.3 Å². The molecule has 23 heavy (non-hydrogen) atoms. The van der Waals surface area contributed by atoms with Crippen LogP contribution in [0.5, 0.6) is 0 Å². The molecule has 1 aromatic heterocycles. The van der Waals surface area contributed by atoms with E-state index < -0.39 is 31.2 Å². The molecule has 7 nitrogen and oxygen atoms in total. The lowest BCUT2D eigenvalue weighted by atomic mass is 10.0. The van der Waals surface area contributed by atoms with Gasteiger partial charge in [-0.25, -0.2) is 22.0 Å². The summed E-state index contributed by atoms with van der Waals surface area (Å²) >= 11 is 0.665. The van der Waals surface area contributed by atoms with Crippen molar-refractivity contribution < 1.29 is 21.6 Å². The van der Waals surface area contributed by atoms with Crippen LogP contribution in [0.3, 0.4) is 0 Å². The number of fused-ring (bicyclic) bond motifs is 1. The van der Waals surface area contributed by atoms with Crippen molar-refractivity contribution in [3.05, 3.63) is 11.6 Å². The van der Waals surface area contributed by atoms with Gasteiger partial charge in [-0.2, -0.15) is 0 Å². The maximum Gasteiger partial charge on any atom is 0.247 e. The Kier molecular flexibility index (Phi) is 4.91. The molecule has 2 N–H and O–H groups in total. The molecule has 1 aliphatic rings. The molecule has 0 unspecified atom stereocenters. The number of thiophene rings is 1. The van der Waals surface area contributed by atoms with E-state index in [0.717, 1.165) is 0 Å². The molecule has 0 aliphatic carbocycles. The van der Waals surface area contributed by atoms with E-state index in [1.807, 2.05) is 6.92 Å². The van der Waals surface area contributed by atoms with E-state index >= 15 is 0 Å². The average molecular weight is 381 g/mol. The van der Waals surface area contributed by atoms with Crippen molar-refractivity contribution in [3.8, 4) is 0 Å². The standard InChI is InChI=1S/C13H20N2O5S3/c1-4-11(16)15(5-2)10-6-8(3)22(17,18)13-9(10)7-12(21-13)23(14,19)20/h7-8,10H,4-6H2,1-3H3,(H2,14,19,20)/t8-,10-/m0/s1. The van der Waals surface area contributed by atoms with E-state index in [1.165, 1.54) is 6.07 Å². The quantitative estimate of drug-likeness (QED) is 0.844. The van der Waals surface area contributed by atoms with Gasteiger partial charge in [0.1, 0.15) is 8.42 Å². The van der Waals surface area contributed by atoms with Gasteiger partial charge in [0.15, 0.2) is 9.84 Å². The fourth-order valence-corrected chi connectivity index (χ4v) is 7.18. The predicted molar refractivity (Wildman–Crippen MR) is 87.4 cm³/mol. The molecule has 1 aliphatic heterocycles. The third-order valence-electron chi connectivity index (χ3n) is 4.02. The van der Waals surface area contributed by atoms with Crippen LogP contribution in [0.25, 0.3) is 0 Å². The molecule has 2 atom stereocenters. The Balaban J connectivity index is 2.67. The van der Waals surface area contributed by atoms with E-state index in [4.69, 9.17) is 5.14 Å². The monoisotopic (exact) mass is 380 g/mol. The van der Waals surface area contributed by atoms with Crippen LogP contribution in [-0.4, -0.2) is 39.4 Å². The molecule has 2 heterocycles. The number of amides is 1. The molecule has 10 heteroatoms. The van der Waals surface area contributed by atoms with E-state index in [0.29, 0.717) is 29.9 Å². The Morgan fingerprint density at radius 2 is 2.04 bits per heavy atom. The summed E-state index contributed by atoms with van der Waals surface area (Å²) in [6.45, 7) is 5.54. The highest BCUT2D eigenvalue weighted by Crippen LogP contribution is 2.45. The summed E-state index contributed by atoms with van der Waals surface area (Å²) in [5.74, 6) is -0.0988. The number of sulfonamides is 1. The molecule has 0 radical (unpaired) electrons. The van der Waals surface area contributed by atoms with Crippen molar-refractivity contribution >= 4 is 37.1 Å². The summed E-state index contributed by atoms with van der Waals surface area (Å²) in [6, 6.07) is 0.849. The van der Waals surface area contributed by atoms with Crippen molar-refractivity contribution in [2.45, 2.75) is 53.3 Å². The molecule has 130 valence electrons. The minimum Gasteiger partial charge on any atom is -0.336 e. The Morgan fingerprint density at radius 1 is 1.43 bits per heavy atom. The van der Waals surface area contributed by atoms with Crippen LogP contribution in [0.2, 0.25) is 0 Å². The van der Waals surface area contributed by atoms with Gasteiger partial charge in [0.05, 0.1) is 11.3 Å². The average Bonchev–Trinajstić information content (AvgIpc) is 2.91. The number of carbonyl (C=O) groups excluding carboxylic acids is 1. The lowest BCUT2D eigenvalue weighted by Crippen LogP contribution is -2.39. The Bertz CT molecular complexity index is 826. The van der Waals surface area contributed by atoms with Gasteiger partial charge in [-0.3, -0.25) is 4.79 Å². The second-order valence-corrected chi connectivity index (χ2v) is 10.9. The second kappa shape index (κ2) is 6.15. The van der Waals surface area contributed by atoms with Gasteiger partial charge in [-0.05, 0) is 26.3 Å². The maximum absolute atomic E-state index is 12.5. The topological polar surface area (TPSA) is 115 Å². The molecule has 0 fully saturated rings. The van der Waals surface area contributed by atoms with Gasteiger partial charge < -0.3 is 4.90 Å². The molecule has 0 bridgehead atoms. The number of nitrogens with two attached hydrogens (primary N) is 1. The third-order valence-corrected chi connectivity index (χ3v) is 9.34. The molecule has 1 aromatic rings. The van der Waals surface area contributed by atoms with Crippen LogP contribution in [-0.2, 0) is 24.7 Å². The molecule has 1 amide bonds. The first-order valence-corrected chi connectivity index (χ1v) is 11.1. The smallest absolute Gasteiger partial charge is 0.247 e. The lowest BCUT2D eigenvalue weighted by Gasteiger charge is -2.35. The highest BCUT2D eigenvalue weighted by Gasteiger charge is 2.42. The Labute approximate surface area is 140 Å². The summed E-state index contributed by atoms with van der Waals surface area (Å²) in [5.41, 5.74) is 0.362. The molecule has 0 spiro atoms. The highest BCUT2D eigenvalue weighted by atomic mass is 32.3. The number of carbonyl (C=O) groups is 1. The van der Waals surface area contributed by atoms with E-state index in [1.54, 1.807) is 18.7 Å². The van der Waals surface area contributed by atoms with Crippen LogP contribution >= 0.6 is 11.3 Å². The number of hydrogen-bond acceptors (Lipinski definition) is 6. The Hall–Kier alpha value is -0.970. The molecule has 0 aromatic carbocycles. The first-order valence-electron chi connectivity index (χ1n) is 7.23. The van der Waals surface area contributed by atoms with Crippen LogP contribution in [0.1, 0.15) is 45.2 Å². The third kappa shape index (κ3) is 3.17. The van der Waals surface area contributed by atoms with Crippen LogP contribution in [0, 0.1) is 0 Å². The molecule has 0 saturated heterocycles. The minimum atomic E-state index is -4.00. The largest absolute Gasteiger partial charge is 0.336 e. The van der Waals surface area contributed by atoms with Crippen LogP contribution in [0.4, 0.5) is 0 Å². The molecular formula is C13H20N2O5S3. The predicted octanol–water partition coefficient (Wildman–Crippen LogP) is 1.26. The molecule has 2 rings (SSSR count). The zero-order chi connectivity index (χ0) is 17.6.